The van der Waals surface area contributed by atoms with E-state index in [1.165, 1.54) is 19.3 Å². The minimum Gasteiger partial charge on any atom is -0.492 e. The van der Waals surface area contributed by atoms with Gasteiger partial charge in [0.05, 0.1) is 37.8 Å². The van der Waals surface area contributed by atoms with Crippen LogP contribution in [0.3, 0.4) is 0 Å². The topological polar surface area (TPSA) is 143 Å². The molecular formula is C31H34N4O7S. The Kier molecular flexibility index (Phi) is 9.19. The van der Waals surface area contributed by atoms with Crippen molar-refractivity contribution in [1.82, 2.24) is 4.90 Å². The summed E-state index contributed by atoms with van der Waals surface area (Å²) in [4.78, 5) is 43.9. The molecule has 2 amide bonds. The molecule has 1 heterocycles. The van der Waals surface area contributed by atoms with Gasteiger partial charge >= 0.3 is 0 Å². The number of sulfonamides is 1. The third-order valence-corrected chi connectivity index (χ3v) is 7.23. The number of aliphatic imine (C=N–C) groups is 1. The molecule has 0 radical (unpaired) electrons. The van der Waals surface area contributed by atoms with Crippen LogP contribution in [0.1, 0.15) is 36.7 Å². The lowest BCUT2D eigenvalue weighted by molar-refractivity contribution is -0.113. The van der Waals surface area contributed by atoms with Crippen molar-refractivity contribution in [2.45, 2.75) is 26.2 Å². The summed E-state index contributed by atoms with van der Waals surface area (Å²) in [6.45, 7) is 7.09. The number of nitrogens with one attached hydrogen (secondary N) is 2. The van der Waals surface area contributed by atoms with Gasteiger partial charge in [-0.15, -0.1) is 0 Å². The lowest BCUT2D eigenvalue weighted by Gasteiger charge is -2.24. The van der Waals surface area contributed by atoms with Crippen LogP contribution in [0.25, 0.3) is 10.8 Å². The number of methoxy groups -OCH3 is 1. The van der Waals surface area contributed by atoms with Crippen LogP contribution in [0, 0.1) is 0 Å². The number of hydrogen-bond donors (Lipinski definition) is 2. The Morgan fingerprint density at radius 3 is 2.42 bits per heavy atom. The van der Waals surface area contributed by atoms with Crippen molar-refractivity contribution in [2.24, 2.45) is 4.99 Å². The molecule has 0 bridgehead atoms. The fourth-order valence-electron chi connectivity index (χ4n) is 4.49. The largest absolute Gasteiger partial charge is 0.492 e. The Hall–Kier alpha value is -4.71. The van der Waals surface area contributed by atoms with Crippen LogP contribution in [0.5, 0.6) is 11.5 Å². The van der Waals surface area contributed by atoms with Gasteiger partial charge in [0.2, 0.25) is 10.0 Å². The van der Waals surface area contributed by atoms with Gasteiger partial charge in [-0.25, -0.2) is 13.4 Å². The summed E-state index contributed by atoms with van der Waals surface area (Å²) in [5.41, 5.74) is 0.763. The first-order valence-electron chi connectivity index (χ1n) is 13.5. The maximum Gasteiger partial charge on any atom is 0.296 e. The number of anilines is 2. The van der Waals surface area contributed by atoms with Gasteiger partial charge in [0.25, 0.3) is 17.6 Å². The quantitative estimate of drug-likeness (QED) is 0.259. The average Bonchev–Trinajstić information content (AvgIpc) is 3.15. The van der Waals surface area contributed by atoms with Crippen molar-refractivity contribution in [3.05, 3.63) is 71.9 Å². The van der Waals surface area contributed by atoms with Gasteiger partial charge < -0.3 is 19.7 Å². The maximum atomic E-state index is 13.5. The van der Waals surface area contributed by atoms with Crippen molar-refractivity contribution in [1.29, 1.82) is 0 Å². The molecule has 1 aliphatic rings. The van der Waals surface area contributed by atoms with Crippen LogP contribution < -0.4 is 19.5 Å². The minimum atomic E-state index is -3.67. The molecule has 43 heavy (non-hydrogen) atoms. The zero-order valence-electron chi connectivity index (χ0n) is 24.6. The van der Waals surface area contributed by atoms with Crippen LogP contribution in [-0.2, 0) is 25.0 Å². The summed E-state index contributed by atoms with van der Waals surface area (Å²) < 4.78 is 38.0. The van der Waals surface area contributed by atoms with E-state index in [2.05, 4.69) is 15.0 Å². The fourth-order valence-corrected chi connectivity index (χ4v) is 5.05. The molecule has 226 valence electrons. The van der Waals surface area contributed by atoms with E-state index in [9.17, 15) is 22.8 Å². The molecule has 0 aromatic heterocycles. The molecule has 4 rings (SSSR count). The summed E-state index contributed by atoms with van der Waals surface area (Å²) in [7, 11) is -2.32. The van der Waals surface area contributed by atoms with Gasteiger partial charge in [0.1, 0.15) is 12.4 Å². The first-order chi connectivity index (χ1) is 20.3. The lowest BCUT2D eigenvalue weighted by atomic mass is 9.86. The number of rotatable bonds is 10. The highest BCUT2D eigenvalue weighted by molar-refractivity contribution is 7.92. The Morgan fingerprint density at radius 2 is 1.74 bits per heavy atom. The third kappa shape index (κ3) is 7.77. The highest BCUT2D eigenvalue weighted by atomic mass is 32.2. The van der Waals surface area contributed by atoms with E-state index >= 15 is 0 Å². The molecule has 11 nitrogen and oxygen atoms in total. The molecule has 12 heteroatoms. The maximum absolute atomic E-state index is 13.5. The fraction of sp³-hybridized carbons (Fsp3) is 0.290. The van der Waals surface area contributed by atoms with Crippen molar-refractivity contribution >= 4 is 56.0 Å². The number of benzene rings is 3. The van der Waals surface area contributed by atoms with Crippen LogP contribution in [-0.4, -0.2) is 70.2 Å². The van der Waals surface area contributed by atoms with Crippen LogP contribution in [0.15, 0.2) is 65.8 Å². The van der Waals surface area contributed by atoms with Crippen LogP contribution >= 0.6 is 0 Å². The summed E-state index contributed by atoms with van der Waals surface area (Å²) in [6.07, 6.45) is 5.62. The van der Waals surface area contributed by atoms with E-state index in [1.54, 1.807) is 48.8 Å². The summed E-state index contributed by atoms with van der Waals surface area (Å²) in [5, 5.41) is 3.81. The molecule has 3 aromatic rings. The van der Waals surface area contributed by atoms with Gasteiger partial charge in [0.15, 0.2) is 5.75 Å². The van der Waals surface area contributed by atoms with Gasteiger partial charge in [-0.2, -0.15) is 0 Å². The second-order valence-corrected chi connectivity index (χ2v) is 12.7. The lowest BCUT2D eigenvalue weighted by Crippen LogP contribution is -2.25. The number of ketones is 1. The number of hydrogen-bond acceptors (Lipinski definition) is 8. The standard InChI is InChI=1S/C31H34N4O7S/c1-31(2,3)20-18-24(29(41-4)25(19-20)34-43(5,39)40)33-30(38)28(37)23-10-11-26(22-9-7-6-8-21(22)23)42-17-16-35-14-12-27(36)32-13-15-35/h6-14,18-19,34H,15-17H2,1-5H3,(H,33,38). The number of fused-ring (bicyclic) bond motifs is 1. The van der Waals surface area contributed by atoms with Gasteiger partial charge in [-0.1, -0.05) is 45.0 Å². The molecule has 0 saturated heterocycles. The summed E-state index contributed by atoms with van der Waals surface area (Å²) in [5.74, 6) is -1.42. The second kappa shape index (κ2) is 12.7. The van der Waals surface area contributed by atoms with E-state index in [-0.39, 0.29) is 28.6 Å². The molecule has 2 N–H and O–H groups in total. The van der Waals surface area contributed by atoms with Gasteiger partial charge in [0, 0.05) is 29.4 Å². The number of carbonyl (C=O) groups excluding carboxylic acids is 3. The van der Waals surface area contributed by atoms with Crippen LogP contribution in [0.4, 0.5) is 11.4 Å². The predicted octanol–water partition coefficient (Wildman–Crippen LogP) is 4.14. The first-order valence-corrected chi connectivity index (χ1v) is 15.4. The molecule has 0 fully saturated rings. The average molecular weight is 607 g/mol. The molecule has 0 spiro atoms. The molecule has 1 aliphatic heterocycles. The smallest absolute Gasteiger partial charge is 0.296 e. The number of ether oxygens (including phenoxy) is 2. The van der Waals surface area contributed by atoms with Crippen molar-refractivity contribution in [3.8, 4) is 11.5 Å². The molecule has 0 unspecified atom stereocenters. The van der Waals surface area contributed by atoms with E-state index in [4.69, 9.17) is 9.47 Å². The molecule has 0 atom stereocenters. The number of carbonyl (C=O) groups is 3. The molecule has 0 saturated carbocycles. The van der Waals surface area contributed by atoms with Crippen molar-refractivity contribution in [3.63, 3.8) is 0 Å². The Balaban J connectivity index is 1.60. The highest BCUT2D eigenvalue weighted by Gasteiger charge is 2.25. The molecular weight excluding hydrogens is 572 g/mol. The van der Waals surface area contributed by atoms with Crippen molar-refractivity contribution in [2.75, 3.05) is 43.1 Å². The SMILES string of the molecule is COc1c(NC(=O)C(=O)c2ccc(OCCN3C=CC(=O)N=CC3)c3ccccc23)cc(C(C)(C)C)cc1NS(C)(=O)=O. The third-order valence-electron chi connectivity index (χ3n) is 6.64. The molecule has 3 aromatic carbocycles. The highest BCUT2D eigenvalue weighted by Crippen LogP contribution is 2.39. The normalized spacial score (nSPS) is 13.5. The number of amides is 2. The van der Waals surface area contributed by atoms with E-state index in [0.717, 1.165) is 6.26 Å². The van der Waals surface area contributed by atoms with Crippen LogP contribution in [0.2, 0.25) is 0 Å². The predicted molar refractivity (Wildman–Crippen MR) is 167 cm³/mol. The summed E-state index contributed by atoms with van der Waals surface area (Å²) in [6, 6.07) is 13.6. The Labute approximate surface area is 250 Å². The van der Waals surface area contributed by atoms with E-state index in [1.807, 2.05) is 31.7 Å². The van der Waals surface area contributed by atoms with E-state index < -0.39 is 27.1 Å². The van der Waals surface area contributed by atoms with Crippen molar-refractivity contribution < 1.29 is 32.3 Å². The Morgan fingerprint density at radius 1 is 1.05 bits per heavy atom. The minimum absolute atomic E-state index is 0.0723. The molecule has 0 aliphatic carbocycles. The summed E-state index contributed by atoms with van der Waals surface area (Å²) >= 11 is 0. The zero-order chi connectivity index (χ0) is 31.4. The monoisotopic (exact) mass is 606 g/mol. The zero-order valence-corrected chi connectivity index (χ0v) is 25.4. The van der Waals surface area contributed by atoms with E-state index in [0.29, 0.717) is 41.8 Å². The van der Waals surface area contributed by atoms with Gasteiger partial charge in [-0.05, 0) is 40.6 Å². The first kappa shape index (κ1) is 31.2. The Bertz CT molecular complexity index is 1740. The number of Topliss-reactive ketones (excluding diaryl/α,β-unsaturated/α-hetero) is 1. The second-order valence-electron chi connectivity index (χ2n) is 11.0. The van der Waals surface area contributed by atoms with Gasteiger partial charge in [-0.3, -0.25) is 19.1 Å². The number of nitrogens with zero attached hydrogens (tertiary/aromatic N) is 2.